The number of aromatic carboxylic acids is 1. The van der Waals surface area contributed by atoms with Gasteiger partial charge in [-0.25, -0.2) is 22.9 Å². The molecule has 0 radical (unpaired) electrons. The maximum atomic E-state index is 12.2. The molecular formula is C13H13N3O4S. The predicted molar refractivity (Wildman–Crippen MR) is 74.2 cm³/mol. The standard InChI is InChI=1S/C13H13N3O4S/c1-9(10-3-2-6-14-7-10)16-21(19,20)12-5-4-11(8-15-12)13(17)18/h2-9,16H,1H3,(H,17,18)/t9-/m0/s1. The number of aromatic nitrogens is 2. The minimum absolute atomic E-state index is 0.0748. The van der Waals surface area contributed by atoms with Crippen molar-refractivity contribution in [3.8, 4) is 0 Å². The van der Waals surface area contributed by atoms with Gasteiger partial charge in [-0.1, -0.05) is 6.07 Å². The van der Waals surface area contributed by atoms with Gasteiger partial charge >= 0.3 is 5.97 Å². The van der Waals surface area contributed by atoms with Crippen LogP contribution in [0.15, 0.2) is 47.9 Å². The molecule has 0 saturated heterocycles. The highest BCUT2D eigenvalue weighted by Crippen LogP contribution is 2.15. The lowest BCUT2D eigenvalue weighted by Gasteiger charge is -2.13. The van der Waals surface area contributed by atoms with Crippen LogP contribution < -0.4 is 4.72 Å². The fraction of sp³-hybridized carbons (Fsp3) is 0.154. The molecule has 0 aliphatic heterocycles. The first-order chi connectivity index (χ1) is 9.90. The number of nitrogens with one attached hydrogen (secondary N) is 1. The molecule has 2 heterocycles. The largest absolute Gasteiger partial charge is 0.478 e. The number of sulfonamides is 1. The van der Waals surface area contributed by atoms with Gasteiger partial charge in [0.2, 0.25) is 0 Å². The summed E-state index contributed by atoms with van der Waals surface area (Å²) < 4.78 is 26.8. The Bertz CT molecular complexity index is 730. The second-order valence-electron chi connectivity index (χ2n) is 4.32. The minimum atomic E-state index is -3.83. The smallest absolute Gasteiger partial charge is 0.337 e. The Labute approximate surface area is 121 Å². The quantitative estimate of drug-likeness (QED) is 0.859. The van der Waals surface area contributed by atoms with Crippen molar-refractivity contribution < 1.29 is 18.3 Å². The van der Waals surface area contributed by atoms with Crippen molar-refractivity contribution >= 4 is 16.0 Å². The Hall–Kier alpha value is -2.32. The van der Waals surface area contributed by atoms with Crippen molar-refractivity contribution in [1.82, 2.24) is 14.7 Å². The van der Waals surface area contributed by atoms with E-state index in [0.717, 1.165) is 12.3 Å². The van der Waals surface area contributed by atoms with Crippen LogP contribution in [0.2, 0.25) is 0 Å². The summed E-state index contributed by atoms with van der Waals surface area (Å²) in [5.74, 6) is -1.16. The van der Waals surface area contributed by atoms with Crippen LogP contribution in [-0.4, -0.2) is 29.5 Å². The van der Waals surface area contributed by atoms with E-state index in [4.69, 9.17) is 5.11 Å². The molecule has 2 N–H and O–H groups in total. The number of nitrogens with zero attached hydrogens (tertiary/aromatic N) is 2. The van der Waals surface area contributed by atoms with Gasteiger partial charge < -0.3 is 5.11 Å². The molecule has 2 aromatic rings. The van der Waals surface area contributed by atoms with Gasteiger partial charge in [0.15, 0.2) is 5.03 Å². The second kappa shape index (κ2) is 5.98. The zero-order chi connectivity index (χ0) is 15.5. The molecule has 2 rings (SSSR count). The summed E-state index contributed by atoms with van der Waals surface area (Å²) in [5.41, 5.74) is 0.637. The summed E-state index contributed by atoms with van der Waals surface area (Å²) in [6.45, 7) is 1.68. The van der Waals surface area contributed by atoms with Crippen LogP contribution in [0.4, 0.5) is 0 Å². The third kappa shape index (κ3) is 3.61. The van der Waals surface area contributed by atoms with Crippen molar-refractivity contribution in [3.63, 3.8) is 0 Å². The molecule has 0 saturated carbocycles. The van der Waals surface area contributed by atoms with Crippen molar-refractivity contribution in [2.75, 3.05) is 0 Å². The van der Waals surface area contributed by atoms with Gasteiger partial charge in [0.25, 0.3) is 10.0 Å². The van der Waals surface area contributed by atoms with Crippen LogP contribution >= 0.6 is 0 Å². The normalized spacial score (nSPS) is 12.8. The van der Waals surface area contributed by atoms with Crippen molar-refractivity contribution in [2.45, 2.75) is 18.0 Å². The van der Waals surface area contributed by atoms with Gasteiger partial charge in [-0.05, 0) is 30.7 Å². The molecule has 0 spiro atoms. The topological polar surface area (TPSA) is 109 Å². The van der Waals surface area contributed by atoms with Gasteiger partial charge in [0.05, 0.1) is 5.56 Å². The highest BCUT2D eigenvalue weighted by molar-refractivity contribution is 7.89. The van der Waals surface area contributed by atoms with E-state index in [1.165, 1.54) is 6.07 Å². The van der Waals surface area contributed by atoms with E-state index in [1.807, 2.05) is 0 Å². The summed E-state index contributed by atoms with van der Waals surface area (Å²) in [5, 5.41) is 8.53. The first-order valence-corrected chi connectivity index (χ1v) is 7.50. The SMILES string of the molecule is C[C@H](NS(=O)(=O)c1ccc(C(=O)O)cn1)c1cccnc1. The first-order valence-electron chi connectivity index (χ1n) is 6.02. The van der Waals surface area contributed by atoms with Crippen molar-refractivity contribution in [2.24, 2.45) is 0 Å². The molecule has 21 heavy (non-hydrogen) atoms. The summed E-state index contributed by atoms with van der Waals surface area (Å²) in [7, 11) is -3.83. The third-order valence-electron chi connectivity index (χ3n) is 2.77. The maximum absolute atomic E-state index is 12.2. The van der Waals surface area contributed by atoms with Gasteiger partial charge in [0.1, 0.15) is 0 Å². The Morgan fingerprint density at radius 1 is 1.29 bits per heavy atom. The number of carbonyl (C=O) groups is 1. The van der Waals surface area contributed by atoms with E-state index < -0.39 is 22.0 Å². The maximum Gasteiger partial charge on any atom is 0.337 e. The average molecular weight is 307 g/mol. The average Bonchev–Trinajstić information content (AvgIpc) is 2.48. The van der Waals surface area contributed by atoms with E-state index >= 15 is 0 Å². The van der Waals surface area contributed by atoms with Gasteiger partial charge in [0, 0.05) is 24.6 Å². The molecule has 7 nitrogen and oxygen atoms in total. The molecule has 0 amide bonds. The lowest BCUT2D eigenvalue weighted by molar-refractivity contribution is 0.0696. The van der Waals surface area contributed by atoms with Crippen molar-refractivity contribution in [1.29, 1.82) is 0 Å². The highest BCUT2D eigenvalue weighted by Gasteiger charge is 2.20. The molecule has 1 atom stereocenters. The van der Waals surface area contributed by atoms with Gasteiger partial charge in [-0.2, -0.15) is 0 Å². The molecule has 8 heteroatoms. The van der Waals surface area contributed by atoms with E-state index in [2.05, 4.69) is 14.7 Å². The summed E-state index contributed by atoms with van der Waals surface area (Å²) >= 11 is 0. The Balaban J connectivity index is 2.20. The zero-order valence-electron chi connectivity index (χ0n) is 11.1. The molecular weight excluding hydrogens is 294 g/mol. The van der Waals surface area contributed by atoms with Crippen LogP contribution in [0.25, 0.3) is 0 Å². The number of rotatable bonds is 5. The van der Waals surface area contributed by atoms with E-state index in [1.54, 1.807) is 31.5 Å². The van der Waals surface area contributed by atoms with E-state index in [0.29, 0.717) is 5.56 Å². The zero-order valence-corrected chi connectivity index (χ0v) is 11.9. The van der Waals surface area contributed by atoms with Crippen LogP contribution in [0.3, 0.4) is 0 Å². The summed E-state index contributed by atoms with van der Waals surface area (Å²) in [6, 6.07) is 5.33. The number of pyridine rings is 2. The molecule has 0 aliphatic carbocycles. The lowest BCUT2D eigenvalue weighted by atomic mass is 10.2. The molecule has 0 fully saturated rings. The number of carboxylic acids is 1. The summed E-state index contributed by atoms with van der Waals surface area (Å²) in [6.07, 6.45) is 4.16. The van der Waals surface area contributed by atoms with Crippen LogP contribution in [0.1, 0.15) is 28.9 Å². The van der Waals surface area contributed by atoms with Crippen LogP contribution in [-0.2, 0) is 10.0 Å². The third-order valence-corrected chi connectivity index (χ3v) is 4.23. The fourth-order valence-electron chi connectivity index (χ4n) is 1.66. The van der Waals surface area contributed by atoms with Crippen molar-refractivity contribution in [3.05, 3.63) is 54.0 Å². The molecule has 0 aliphatic rings. The van der Waals surface area contributed by atoms with E-state index in [9.17, 15) is 13.2 Å². The first kappa shape index (κ1) is 15.1. The van der Waals surface area contributed by atoms with Crippen LogP contribution in [0.5, 0.6) is 0 Å². The highest BCUT2D eigenvalue weighted by atomic mass is 32.2. The molecule has 2 aromatic heterocycles. The second-order valence-corrected chi connectivity index (χ2v) is 5.98. The Morgan fingerprint density at radius 2 is 2.05 bits per heavy atom. The Morgan fingerprint density at radius 3 is 2.57 bits per heavy atom. The number of carboxylic acid groups (broad SMARTS) is 1. The van der Waals surface area contributed by atoms with E-state index in [-0.39, 0.29) is 10.6 Å². The predicted octanol–water partition coefficient (Wildman–Crippen LogP) is 1.21. The molecule has 0 unspecified atom stereocenters. The van der Waals surface area contributed by atoms with Gasteiger partial charge in [-0.3, -0.25) is 4.98 Å². The fourth-order valence-corrected chi connectivity index (χ4v) is 2.82. The minimum Gasteiger partial charge on any atom is -0.478 e. The number of hydrogen-bond acceptors (Lipinski definition) is 5. The number of hydrogen-bond donors (Lipinski definition) is 2. The summed E-state index contributed by atoms with van der Waals surface area (Å²) in [4.78, 5) is 18.3. The molecule has 0 bridgehead atoms. The molecule has 110 valence electrons. The van der Waals surface area contributed by atoms with Gasteiger partial charge in [-0.15, -0.1) is 0 Å². The monoisotopic (exact) mass is 307 g/mol. The lowest BCUT2D eigenvalue weighted by Crippen LogP contribution is -2.27. The van der Waals surface area contributed by atoms with Crippen LogP contribution in [0, 0.1) is 0 Å². The Kier molecular flexibility index (Phi) is 4.29. The molecule has 0 aromatic carbocycles.